The fourth-order valence-electron chi connectivity index (χ4n) is 2.86. The summed E-state index contributed by atoms with van der Waals surface area (Å²) in [5.74, 6) is 2.82. The summed E-state index contributed by atoms with van der Waals surface area (Å²) in [6.07, 6.45) is 5.15. The Kier molecular flexibility index (Phi) is 7.09. The molecular weight excluding hydrogens is 310 g/mol. The maximum atomic E-state index is 12.6. The highest BCUT2D eigenvalue weighted by Gasteiger charge is 2.32. The van der Waals surface area contributed by atoms with Crippen molar-refractivity contribution in [1.29, 1.82) is 0 Å². The lowest BCUT2D eigenvalue weighted by Crippen LogP contribution is -2.30. The first-order valence-electron chi connectivity index (χ1n) is 8.34. The second kappa shape index (κ2) is 9.06. The van der Waals surface area contributed by atoms with Crippen molar-refractivity contribution in [3.05, 3.63) is 23.8 Å². The van der Waals surface area contributed by atoms with Crippen molar-refractivity contribution in [1.82, 2.24) is 4.90 Å². The second-order valence-electron chi connectivity index (χ2n) is 5.73. The zero-order chi connectivity index (χ0) is 16.7. The first-order valence-corrected chi connectivity index (χ1v) is 9.39. The number of amides is 1. The largest absolute Gasteiger partial charge is 0.497 e. The third-order valence-corrected chi connectivity index (χ3v) is 5.40. The first-order chi connectivity index (χ1) is 11.2. The Hall–Kier alpha value is -1.36. The summed E-state index contributed by atoms with van der Waals surface area (Å²) >= 11 is 1.79. The number of carbonyl (C=O) groups is 1. The molecule has 1 heterocycles. The molecular formula is C18H27NO3S. The summed E-state index contributed by atoms with van der Waals surface area (Å²) in [5, 5.41) is 0.0266. The highest BCUT2D eigenvalue weighted by Crippen LogP contribution is 2.43. The highest BCUT2D eigenvalue weighted by atomic mass is 32.2. The van der Waals surface area contributed by atoms with Gasteiger partial charge in [-0.15, -0.1) is 11.8 Å². The highest BCUT2D eigenvalue weighted by molar-refractivity contribution is 7.99. The number of hydrogen-bond acceptors (Lipinski definition) is 4. The summed E-state index contributed by atoms with van der Waals surface area (Å²) in [7, 11) is 3.33. The molecule has 1 aromatic rings. The minimum atomic E-state index is 0.0266. The Morgan fingerprint density at radius 1 is 1.26 bits per heavy atom. The lowest BCUT2D eigenvalue weighted by atomic mass is 10.1. The molecule has 5 heteroatoms. The molecule has 1 saturated heterocycles. The molecule has 4 nitrogen and oxygen atoms in total. The number of benzene rings is 1. The van der Waals surface area contributed by atoms with E-state index in [2.05, 4.69) is 6.92 Å². The van der Waals surface area contributed by atoms with E-state index in [1.807, 2.05) is 23.1 Å². The maximum Gasteiger partial charge on any atom is 0.223 e. The van der Waals surface area contributed by atoms with E-state index in [9.17, 15) is 4.79 Å². The van der Waals surface area contributed by atoms with Crippen LogP contribution in [-0.2, 0) is 4.79 Å². The molecule has 0 aliphatic carbocycles. The van der Waals surface area contributed by atoms with E-state index in [-0.39, 0.29) is 11.3 Å². The average molecular weight is 337 g/mol. The van der Waals surface area contributed by atoms with E-state index in [4.69, 9.17) is 9.47 Å². The molecule has 1 amide bonds. The van der Waals surface area contributed by atoms with Crippen molar-refractivity contribution in [2.24, 2.45) is 0 Å². The molecule has 0 N–H and O–H groups in total. The normalized spacial score (nSPS) is 17.3. The van der Waals surface area contributed by atoms with Gasteiger partial charge in [0.2, 0.25) is 5.91 Å². The fraction of sp³-hybridized carbons (Fsp3) is 0.611. The zero-order valence-corrected chi connectivity index (χ0v) is 15.2. The molecule has 128 valence electrons. The van der Waals surface area contributed by atoms with Crippen LogP contribution in [0.2, 0.25) is 0 Å². The van der Waals surface area contributed by atoms with Gasteiger partial charge >= 0.3 is 0 Å². The number of methoxy groups -OCH3 is 2. The third-order valence-electron chi connectivity index (χ3n) is 4.16. The van der Waals surface area contributed by atoms with Gasteiger partial charge in [-0.1, -0.05) is 26.2 Å². The van der Waals surface area contributed by atoms with Crippen molar-refractivity contribution in [3.8, 4) is 11.5 Å². The molecule has 1 aromatic carbocycles. The maximum absolute atomic E-state index is 12.6. The Bertz CT molecular complexity index is 521. The summed E-state index contributed by atoms with van der Waals surface area (Å²) in [6, 6.07) is 5.79. The van der Waals surface area contributed by atoms with Gasteiger partial charge < -0.3 is 14.4 Å². The van der Waals surface area contributed by atoms with Gasteiger partial charge in [-0.3, -0.25) is 4.79 Å². The van der Waals surface area contributed by atoms with Crippen molar-refractivity contribution >= 4 is 17.7 Å². The van der Waals surface area contributed by atoms with Crippen molar-refractivity contribution in [2.45, 2.75) is 44.4 Å². The van der Waals surface area contributed by atoms with Crippen molar-refractivity contribution < 1.29 is 14.3 Å². The van der Waals surface area contributed by atoms with Gasteiger partial charge in [0.1, 0.15) is 16.9 Å². The lowest BCUT2D eigenvalue weighted by Gasteiger charge is -2.26. The Labute approximate surface area is 143 Å². The van der Waals surface area contributed by atoms with Crippen molar-refractivity contribution in [2.75, 3.05) is 26.5 Å². The van der Waals surface area contributed by atoms with Crippen molar-refractivity contribution in [3.63, 3.8) is 0 Å². The molecule has 0 spiro atoms. The molecule has 1 atom stereocenters. The van der Waals surface area contributed by atoms with Gasteiger partial charge in [0.05, 0.1) is 14.2 Å². The number of hydrogen-bond donors (Lipinski definition) is 0. The van der Waals surface area contributed by atoms with Gasteiger partial charge in [-0.05, 0) is 24.6 Å². The van der Waals surface area contributed by atoms with Gasteiger partial charge in [0.15, 0.2) is 0 Å². The third kappa shape index (κ3) is 4.56. The molecule has 1 fully saturated rings. The molecule has 2 rings (SSSR count). The molecule has 0 aromatic heterocycles. The smallest absolute Gasteiger partial charge is 0.223 e. The monoisotopic (exact) mass is 337 g/mol. The summed E-state index contributed by atoms with van der Waals surface area (Å²) < 4.78 is 10.8. The van der Waals surface area contributed by atoms with E-state index in [0.29, 0.717) is 6.42 Å². The zero-order valence-electron chi connectivity index (χ0n) is 14.3. The van der Waals surface area contributed by atoms with Crippen LogP contribution >= 0.6 is 11.8 Å². The first kappa shape index (κ1) is 18.0. The molecule has 1 aliphatic heterocycles. The Morgan fingerprint density at radius 2 is 2.09 bits per heavy atom. The molecule has 0 bridgehead atoms. The van der Waals surface area contributed by atoms with Crippen LogP contribution in [0.1, 0.15) is 50.0 Å². The Morgan fingerprint density at radius 3 is 2.78 bits per heavy atom. The molecule has 23 heavy (non-hydrogen) atoms. The predicted molar refractivity (Wildman–Crippen MR) is 95.2 cm³/mol. The molecule has 1 unspecified atom stereocenters. The summed E-state index contributed by atoms with van der Waals surface area (Å²) in [5.41, 5.74) is 1.02. The predicted octanol–water partition coefficient (Wildman–Crippen LogP) is 4.25. The standard InChI is InChI=1S/C18H27NO3S/c1-4-5-6-7-8-17(20)19-11-12-23-18(19)15-13-14(21-2)9-10-16(15)22-3/h9-10,13,18H,4-8,11-12H2,1-3H3. The molecule has 0 saturated carbocycles. The van der Waals surface area contributed by atoms with Gasteiger partial charge in [-0.2, -0.15) is 0 Å². The van der Waals surface area contributed by atoms with Crippen LogP contribution in [0.25, 0.3) is 0 Å². The fourth-order valence-corrected chi connectivity index (χ4v) is 4.15. The number of unbranched alkanes of at least 4 members (excludes halogenated alkanes) is 3. The number of thioether (sulfide) groups is 1. The lowest BCUT2D eigenvalue weighted by molar-refractivity contribution is -0.131. The minimum Gasteiger partial charge on any atom is -0.497 e. The minimum absolute atomic E-state index is 0.0266. The van der Waals surface area contributed by atoms with E-state index in [0.717, 1.165) is 42.2 Å². The van der Waals surface area contributed by atoms with E-state index < -0.39 is 0 Å². The van der Waals surface area contributed by atoms with E-state index >= 15 is 0 Å². The number of carbonyl (C=O) groups excluding carboxylic acids is 1. The van der Waals surface area contributed by atoms with E-state index in [1.165, 1.54) is 12.8 Å². The van der Waals surface area contributed by atoms with Crippen LogP contribution in [0.15, 0.2) is 18.2 Å². The quantitative estimate of drug-likeness (QED) is 0.665. The average Bonchev–Trinajstić information content (AvgIpc) is 3.07. The molecule has 0 radical (unpaired) electrons. The summed E-state index contributed by atoms with van der Waals surface area (Å²) in [4.78, 5) is 14.6. The van der Waals surface area contributed by atoms with Gasteiger partial charge in [0.25, 0.3) is 0 Å². The van der Waals surface area contributed by atoms with Gasteiger partial charge in [-0.25, -0.2) is 0 Å². The van der Waals surface area contributed by atoms with Crippen LogP contribution in [0.3, 0.4) is 0 Å². The van der Waals surface area contributed by atoms with E-state index in [1.54, 1.807) is 26.0 Å². The second-order valence-corrected chi connectivity index (χ2v) is 6.92. The van der Waals surface area contributed by atoms with Crippen LogP contribution in [0.4, 0.5) is 0 Å². The number of nitrogens with zero attached hydrogens (tertiary/aromatic N) is 1. The SMILES string of the molecule is CCCCCCC(=O)N1CCSC1c1cc(OC)ccc1OC. The van der Waals surface area contributed by atoms with Crippen LogP contribution in [-0.4, -0.2) is 37.3 Å². The topological polar surface area (TPSA) is 38.8 Å². The number of ether oxygens (including phenoxy) is 2. The van der Waals surface area contributed by atoms with Crippen LogP contribution in [0, 0.1) is 0 Å². The van der Waals surface area contributed by atoms with Gasteiger partial charge in [0, 0.05) is 24.3 Å². The van der Waals surface area contributed by atoms with Crippen LogP contribution < -0.4 is 9.47 Å². The van der Waals surface area contributed by atoms with Crippen LogP contribution in [0.5, 0.6) is 11.5 Å². The molecule has 1 aliphatic rings. The summed E-state index contributed by atoms with van der Waals surface area (Å²) in [6.45, 7) is 2.99. The Balaban J connectivity index is 2.10. The number of rotatable bonds is 8.